The Morgan fingerprint density at radius 3 is 2.84 bits per heavy atom. The third-order valence-corrected chi connectivity index (χ3v) is 3.91. The molecule has 1 heterocycles. The van der Waals surface area contributed by atoms with E-state index in [1.165, 1.54) is 0 Å². The molecule has 0 aliphatic carbocycles. The highest BCUT2D eigenvalue weighted by Gasteiger charge is 2.09. The van der Waals surface area contributed by atoms with Crippen molar-refractivity contribution in [2.75, 3.05) is 6.61 Å². The number of nitrogens with zero attached hydrogens (tertiary/aromatic N) is 1. The number of oxazole rings is 1. The van der Waals surface area contributed by atoms with E-state index < -0.39 is 0 Å². The average Bonchev–Trinajstić information content (AvgIpc) is 2.92. The molecule has 0 aliphatic rings. The number of halogens is 2. The molecule has 0 spiro atoms. The van der Waals surface area contributed by atoms with Gasteiger partial charge >= 0.3 is 5.97 Å². The molecule has 0 aliphatic heterocycles. The van der Waals surface area contributed by atoms with Crippen LogP contribution in [0.25, 0.3) is 11.1 Å². The van der Waals surface area contributed by atoms with E-state index in [1.807, 2.05) is 0 Å². The summed E-state index contributed by atoms with van der Waals surface area (Å²) in [6, 6.07) is 10.1. The lowest BCUT2D eigenvalue weighted by molar-refractivity contribution is -0.134. The SMILES string of the molecule is Cc1nc2ccc(OC(=O)CCCOc3ccc(Cl)cc3Cl)cc2o1. The molecule has 2 aromatic carbocycles. The van der Waals surface area contributed by atoms with E-state index >= 15 is 0 Å². The lowest BCUT2D eigenvalue weighted by Gasteiger charge is -2.08. The quantitative estimate of drug-likeness (QED) is 0.334. The van der Waals surface area contributed by atoms with E-state index in [0.29, 0.717) is 46.0 Å². The van der Waals surface area contributed by atoms with Crippen LogP contribution in [0.15, 0.2) is 40.8 Å². The minimum atomic E-state index is -0.346. The highest BCUT2D eigenvalue weighted by atomic mass is 35.5. The molecule has 25 heavy (non-hydrogen) atoms. The summed E-state index contributed by atoms with van der Waals surface area (Å²) in [6.45, 7) is 2.11. The molecule has 0 saturated carbocycles. The number of fused-ring (bicyclic) bond motifs is 1. The van der Waals surface area contributed by atoms with Crippen molar-refractivity contribution in [2.24, 2.45) is 0 Å². The Balaban J connectivity index is 1.47. The van der Waals surface area contributed by atoms with E-state index in [1.54, 1.807) is 43.3 Å². The lowest BCUT2D eigenvalue weighted by Crippen LogP contribution is -2.10. The Kier molecular flexibility index (Phi) is 5.46. The first-order chi connectivity index (χ1) is 12.0. The molecule has 3 rings (SSSR count). The van der Waals surface area contributed by atoms with Crippen LogP contribution in [0.2, 0.25) is 10.0 Å². The van der Waals surface area contributed by atoms with Crippen LogP contribution in [0.5, 0.6) is 11.5 Å². The first-order valence-corrected chi connectivity index (χ1v) is 8.42. The smallest absolute Gasteiger partial charge is 0.311 e. The number of esters is 1. The normalized spacial score (nSPS) is 10.8. The number of aromatic nitrogens is 1. The molecule has 0 atom stereocenters. The van der Waals surface area contributed by atoms with Crippen molar-refractivity contribution in [3.05, 3.63) is 52.3 Å². The van der Waals surface area contributed by atoms with Crippen LogP contribution in [0.4, 0.5) is 0 Å². The number of aryl methyl sites for hydroxylation is 1. The second kappa shape index (κ2) is 7.76. The zero-order valence-electron chi connectivity index (χ0n) is 13.4. The van der Waals surface area contributed by atoms with Gasteiger partial charge in [0.2, 0.25) is 0 Å². The summed E-state index contributed by atoms with van der Waals surface area (Å²) in [7, 11) is 0. The van der Waals surface area contributed by atoms with Crippen LogP contribution in [-0.2, 0) is 4.79 Å². The van der Waals surface area contributed by atoms with Crippen molar-refractivity contribution < 1.29 is 18.7 Å². The van der Waals surface area contributed by atoms with Crippen molar-refractivity contribution >= 4 is 40.3 Å². The summed E-state index contributed by atoms with van der Waals surface area (Å²) < 4.78 is 16.2. The Labute approximate surface area is 154 Å². The van der Waals surface area contributed by atoms with Crippen LogP contribution >= 0.6 is 23.2 Å². The zero-order valence-corrected chi connectivity index (χ0v) is 14.9. The summed E-state index contributed by atoms with van der Waals surface area (Å²) in [5, 5.41) is 0.977. The second-order valence-electron chi connectivity index (χ2n) is 5.36. The highest BCUT2D eigenvalue weighted by molar-refractivity contribution is 6.35. The van der Waals surface area contributed by atoms with E-state index in [-0.39, 0.29) is 12.4 Å². The first-order valence-electron chi connectivity index (χ1n) is 7.67. The number of rotatable bonds is 6. The molecule has 0 N–H and O–H groups in total. The van der Waals surface area contributed by atoms with Gasteiger partial charge in [-0.05, 0) is 36.8 Å². The largest absolute Gasteiger partial charge is 0.492 e. The maximum Gasteiger partial charge on any atom is 0.311 e. The Morgan fingerprint density at radius 2 is 2.04 bits per heavy atom. The predicted octanol–water partition coefficient (Wildman–Crippen LogP) is 5.21. The van der Waals surface area contributed by atoms with E-state index in [4.69, 9.17) is 37.1 Å². The molecule has 130 valence electrons. The molecule has 1 aromatic heterocycles. The lowest BCUT2D eigenvalue weighted by atomic mass is 10.3. The van der Waals surface area contributed by atoms with Gasteiger partial charge in [-0.1, -0.05) is 23.2 Å². The van der Waals surface area contributed by atoms with Crippen LogP contribution in [0, 0.1) is 6.92 Å². The minimum absolute atomic E-state index is 0.221. The summed E-state index contributed by atoms with van der Waals surface area (Å²) in [5.41, 5.74) is 1.31. The Bertz CT molecular complexity index is 907. The standard InChI is InChI=1S/C18H15Cl2NO4/c1-11-21-15-6-5-13(10-17(15)24-11)25-18(22)3-2-8-23-16-7-4-12(19)9-14(16)20/h4-7,9-10H,2-3,8H2,1H3. The molecule has 7 heteroatoms. The van der Waals surface area contributed by atoms with Gasteiger partial charge in [-0.25, -0.2) is 4.98 Å². The topological polar surface area (TPSA) is 61.6 Å². The zero-order chi connectivity index (χ0) is 17.8. The summed E-state index contributed by atoms with van der Waals surface area (Å²) >= 11 is 11.8. The number of carbonyl (C=O) groups is 1. The van der Waals surface area contributed by atoms with Crippen LogP contribution in [-0.4, -0.2) is 17.6 Å². The number of hydrogen-bond donors (Lipinski definition) is 0. The van der Waals surface area contributed by atoms with Crippen molar-refractivity contribution in [2.45, 2.75) is 19.8 Å². The Hall–Kier alpha value is -2.24. The summed E-state index contributed by atoms with van der Waals surface area (Å²) in [6.07, 6.45) is 0.722. The molecule has 3 aromatic rings. The highest BCUT2D eigenvalue weighted by Crippen LogP contribution is 2.27. The van der Waals surface area contributed by atoms with Gasteiger partial charge in [0.1, 0.15) is 17.0 Å². The first kappa shape index (κ1) is 17.6. The fraction of sp³-hybridized carbons (Fsp3) is 0.222. The number of ether oxygens (including phenoxy) is 2. The average molecular weight is 380 g/mol. The predicted molar refractivity (Wildman–Crippen MR) is 95.6 cm³/mol. The summed E-state index contributed by atoms with van der Waals surface area (Å²) in [4.78, 5) is 16.1. The van der Waals surface area contributed by atoms with Crippen molar-refractivity contribution in [1.82, 2.24) is 4.98 Å². The molecular formula is C18H15Cl2NO4. The van der Waals surface area contributed by atoms with E-state index in [0.717, 1.165) is 5.52 Å². The molecule has 0 bridgehead atoms. The molecule has 0 unspecified atom stereocenters. The van der Waals surface area contributed by atoms with Crippen LogP contribution in [0.3, 0.4) is 0 Å². The van der Waals surface area contributed by atoms with Gasteiger partial charge in [-0.2, -0.15) is 0 Å². The van der Waals surface area contributed by atoms with Crippen molar-refractivity contribution in [1.29, 1.82) is 0 Å². The van der Waals surface area contributed by atoms with Crippen LogP contribution in [0.1, 0.15) is 18.7 Å². The van der Waals surface area contributed by atoms with Gasteiger partial charge in [0, 0.05) is 24.4 Å². The van der Waals surface area contributed by atoms with Gasteiger partial charge in [-0.15, -0.1) is 0 Å². The molecule has 0 amide bonds. The molecule has 0 saturated heterocycles. The third kappa shape index (κ3) is 4.65. The summed E-state index contributed by atoms with van der Waals surface area (Å²) in [5.74, 6) is 1.18. The van der Waals surface area contributed by atoms with Gasteiger partial charge in [0.15, 0.2) is 11.5 Å². The van der Waals surface area contributed by atoms with Crippen LogP contribution < -0.4 is 9.47 Å². The fourth-order valence-corrected chi connectivity index (χ4v) is 2.72. The Morgan fingerprint density at radius 1 is 1.20 bits per heavy atom. The minimum Gasteiger partial charge on any atom is -0.492 e. The van der Waals surface area contributed by atoms with E-state index in [2.05, 4.69) is 4.98 Å². The maximum absolute atomic E-state index is 11.9. The molecule has 0 radical (unpaired) electrons. The number of carbonyl (C=O) groups excluding carboxylic acids is 1. The number of hydrogen-bond acceptors (Lipinski definition) is 5. The molecular weight excluding hydrogens is 365 g/mol. The monoisotopic (exact) mass is 379 g/mol. The maximum atomic E-state index is 11.9. The molecule has 5 nitrogen and oxygen atoms in total. The third-order valence-electron chi connectivity index (χ3n) is 3.38. The molecule has 0 fully saturated rings. The van der Waals surface area contributed by atoms with Gasteiger partial charge in [-0.3, -0.25) is 4.79 Å². The van der Waals surface area contributed by atoms with E-state index in [9.17, 15) is 4.79 Å². The van der Waals surface area contributed by atoms with Gasteiger partial charge < -0.3 is 13.9 Å². The number of benzene rings is 2. The van der Waals surface area contributed by atoms with Crippen molar-refractivity contribution in [3.8, 4) is 11.5 Å². The van der Waals surface area contributed by atoms with Crippen molar-refractivity contribution in [3.63, 3.8) is 0 Å². The fourth-order valence-electron chi connectivity index (χ4n) is 2.26. The van der Waals surface area contributed by atoms with Gasteiger partial charge in [0.25, 0.3) is 0 Å². The second-order valence-corrected chi connectivity index (χ2v) is 6.21. The van der Waals surface area contributed by atoms with Gasteiger partial charge in [0.05, 0.1) is 11.6 Å².